The number of carbonyl (C=O) groups excluding carboxylic acids is 1. The highest BCUT2D eigenvalue weighted by molar-refractivity contribution is 7.13. The molecule has 24 heavy (non-hydrogen) atoms. The summed E-state index contributed by atoms with van der Waals surface area (Å²) in [4.78, 5) is 12.3. The molecule has 122 valence electrons. The number of benzene rings is 1. The van der Waals surface area contributed by atoms with Crippen molar-refractivity contribution >= 4 is 23.6 Å². The summed E-state index contributed by atoms with van der Waals surface area (Å²) in [5, 5.41) is 10.6. The SMILES string of the molecule is CCOC(=O)NN=Cc1cn(-c2ccccc2)nc1-c1cccs1. The van der Waals surface area contributed by atoms with Crippen LogP contribution in [0.3, 0.4) is 0 Å². The van der Waals surface area contributed by atoms with Gasteiger partial charge in [0.25, 0.3) is 0 Å². The fourth-order valence-electron chi connectivity index (χ4n) is 2.12. The smallest absolute Gasteiger partial charge is 0.427 e. The predicted molar refractivity (Wildman–Crippen MR) is 94.6 cm³/mol. The normalized spacial score (nSPS) is 10.9. The number of hydrazone groups is 1. The lowest BCUT2D eigenvalue weighted by atomic mass is 10.2. The van der Waals surface area contributed by atoms with Crippen molar-refractivity contribution in [1.82, 2.24) is 15.2 Å². The van der Waals surface area contributed by atoms with Crippen molar-refractivity contribution in [2.75, 3.05) is 6.61 Å². The molecule has 6 nitrogen and oxygen atoms in total. The van der Waals surface area contributed by atoms with Crippen LogP contribution in [0.5, 0.6) is 0 Å². The number of aromatic nitrogens is 2. The fourth-order valence-corrected chi connectivity index (χ4v) is 2.85. The van der Waals surface area contributed by atoms with Gasteiger partial charge in [0.15, 0.2) is 0 Å². The lowest BCUT2D eigenvalue weighted by Gasteiger charge is -1.98. The molecule has 0 atom stereocenters. The van der Waals surface area contributed by atoms with Gasteiger partial charge in [-0.05, 0) is 30.5 Å². The molecule has 3 aromatic rings. The van der Waals surface area contributed by atoms with Crippen molar-refractivity contribution < 1.29 is 9.53 Å². The van der Waals surface area contributed by atoms with Gasteiger partial charge >= 0.3 is 6.09 Å². The first-order valence-corrected chi connectivity index (χ1v) is 8.30. The second-order valence-corrected chi connectivity index (χ2v) is 5.73. The Labute approximate surface area is 143 Å². The van der Waals surface area contributed by atoms with Gasteiger partial charge < -0.3 is 4.74 Å². The highest BCUT2D eigenvalue weighted by Crippen LogP contribution is 2.26. The van der Waals surface area contributed by atoms with Gasteiger partial charge in [0.2, 0.25) is 0 Å². The Morgan fingerprint density at radius 2 is 2.17 bits per heavy atom. The van der Waals surface area contributed by atoms with Gasteiger partial charge in [0.05, 0.1) is 23.4 Å². The molecule has 1 amide bonds. The first-order valence-electron chi connectivity index (χ1n) is 7.42. The summed E-state index contributed by atoms with van der Waals surface area (Å²) < 4.78 is 6.57. The van der Waals surface area contributed by atoms with Gasteiger partial charge in [0.1, 0.15) is 5.69 Å². The first-order chi connectivity index (χ1) is 11.8. The Morgan fingerprint density at radius 3 is 2.88 bits per heavy atom. The Hall–Kier alpha value is -2.93. The summed E-state index contributed by atoms with van der Waals surface area (Å²) in [5.41, 5.74) is 4.89. The molecule has 0 saturated carbocycles. The lowest BCUT2D eigenvalue weighted by Crippen LogP contribution is -2.18. The second-order valence-electron chi connectivity index (χ2n) is 4.78. The van der Waals surface area contributed by atoms with Crippen molar-refractivity contribution in [3.63, 3.8) is 0 Å². The summed E-state index contributed by atoms with van der Waals surface area (Å²) >= 11 is 1.60. The van der Waals surface area contributed by atoms with Crippen LogP contribution >= 0.6 is 11.3 Å². The molecule has 2 heterocycles. The van der Waals surface area contributed by atoms with Crippen molar-refractivity contribution in [2.24, 2.45) is 5.10 Å². The predicted octanol–water partition coefficient (Wildman–Crippen LogP) is 3.68. The zero-order valence-corrected chi connectivity index (χ0v) is 13.9. The molecule has 0 unspecified atom stereocenters. The molecule has 0 aliphatic rings. The topological polar surface area (TPSA) is 68.5 Å². The Balaban J connectivity index is 1.90. The van der Waals surface area contributed by atoms with E-state index >= 15 is 0 Å². The standard InChI is InChI=1S/C17H16N4O2S/c1-2-23-17(22)19-18-11-13-12-21(14-7-4-3-5-8-14)20-16(13)15-9-6-10-24-15/h3-12H,2H2,1H3,(H,19,22). The van der Waals surface area contributed by atoms with Gasteiger partial charge in [-0.2, -0.15) is 10.2 Å². The van der Waals surface area contributed by atoms with Crippen LogP contribution in [0.15, 0.2) is 59.1 Å². The molecule has 0 spiro atoms. The number of nitrogens with one attached hydrogen (secondary N) is 1. The minimum absolute atomic E-state index is 0.299. The average Bonchev–Trinajstić information content (AvgIpc) is 3.25. The Morgan fingerprint density at radius 1 is 1.33 bits per heavy atom. The van der Waals surface area contributed by atoms with Crippen molar-refractivity contribution in [3.8, 4) is 16.3 Å². The maximum absolute atomic E-state index is 11.3. The third-order valence-corrected chi connectivity index (χ3v) is 4.03. The van der Waals surface area contributed by atoms with E-state index in [1.807, 2.05) is 54.0 Å². The lowest BCUT2D eigenvalue weighted by molar-refractivity contribution is 0.152. The van der Waals surface area contributed by atoms with Crippen LogP contribution in [-0.2, 0) is 4.74 Å². The van der Waals surface area contributed by atoms with Crippen LogP contribution in [0, 0.1) is 0 Å². The van der Waals surface area contributed by atoms with Crippen molar-refractivity contribution in [3.05, 3.63) is 59.6 Å². The van der Waals surface area contributed by atoms with Gasteiger partial charge in [-0.3, -0.25) is 0 Å². The van der Waals surface area contributed by atoms with E-state index in [2.05, 4.69) is 15.6 Å². The molecule has 0 aliphatic carbocycles. The number of ether oxygens (including phenoxy) is 1. The van der Waals surface area contributed by atoms with E-state index in [9.17, 15) is 4.79 Å². The molecule has 0 aliphatic heterocycles. The fraction of sp³-hybridized carbons (Fsp3) is 0.118. The van der Waals surface area contributed by atoms with Crippen LogP contribution in [0.4, 0.5) is 4.79 Å². The maximum atomic E-state index is 11.3. The van der Waals surface area contributed by atoms with Crippen LogP contribution in [-0.4, -0.2) is 28.7 Å². The molecule has 0 bridgehead atoms. The molecule has 1 N–H and O–H groups in total. The third-order valence-electron chi connectivity index (χ3n) is 3.15. The van der Waals surface area contributed by atoms with Gasteiger partial charge in [0, 0.05) is 11.8 Å². The Kier molecular flexibility index (Phi) is 5.02. The van der Waals surface area contributed by atoms with E-state index in [0.29, 0.717) is 6.61 Å². The number of carbonyl (C=O) groups is 1. The van der Waals surface area contributed by atoms with Crippen LogP contribution in [0.2, 0.25) is 0 Å². The zero-order valence-electron chi connectivity index (χ0n) is 13.0. The van der Waals surface area contributed by atoms with E-state index in [1.54, 1.807) is 29.2 Å². The number of amides is 1. The number of hydrogen-bond acceptors (Lipinski definition) is 5. The van der Waals surface area contributed by atoms with Gasteiger partial charge in [-0.15, -0.1) is 11.3 Å². The molecule has 0 fully saturated rings. The van der Waals surface area contributed by atoms with Crippen LogP contribution < -0.4 is 5.43 Å². The number of hydrogen-bond donors (Lipinski definition) is 1. The van der Waals surface area contributed by atoms with Crippen LogP contribution in [0.1, 0.15) is 12.5 Å². The summed E-state index contributed by atoms with van der Waals surface area (Å²) in [6, 6.07) is 13.8. The molecule has 0 saturated heterocycles. The highest BCUT2D eigenvalue weighted by atomic mass is 32.1. The minimum atomic E-state index is -0.582. The van der Waals surface area contributed by atoms with Crippen LogP contribution in [0.25, 0.3) is 16.3 Å². The first kappa shape index (κ1) is 15.9. The Bertz CT molecular complexity index is 826. The quantitative estimate of drug-likeness (QED) is 0.569. The van der Waals surface area contributed by atoms with E-state index in [1.165, 1.54) is 0 Å². The number of nitrogens with zero attached hydrogens (tertiary/aromatic N) is 3. The van der Waals surface area contributed by atoms with Gasteiger partial charge in [-0.1, -0.05) is 24.3 Å². The molecule has 3 rings (SSSR count). The second kappa shape index (κ2) is 7.56. The minimum Gasteiger partial charge on any atom is -0.449 e. The summed E-state index contributed by atoms with van der Waals surface area (Å²) in [6.07, 6.45) is 2.86. The maximum Gasteiger partial charge on any atom is 0.427 e. The zero-order chi connectivity index (χ0) is 16.8. The van der Waals surface area contributed by atoms with E-state index < -0.39 is 6.09 Å². The average molecular weight is 340 g/mol. The van der Waals surface area contributed by atoms with Crippen molar-refractivity contribution in [1.29, 1.82) is 0 Å². The third kappa shape index (κ3) is 3.69. The molecule has 0 radical (unpaired) electrons. The highest BCUT2D eigenvalue weighted by Gasteiger charge is 2.12. The molecular formula is C17H16N4O2S. The largest absolute Gasteiger partial charge is 0.449 e. The summed E-state index contributed by atoms with van der Waals surface area (Å²) in [5.74, 6) is 0. The van der Waals surface area contributed by atoms with E-state index in [0.717, 1.165) is 21.8 Å². The number of rotatable bonds is 5. The molecular weight excluding hydrogens is 324 g/mol. The summed E-state index contributed by atoms with van der Waals surface area (Å²) in [6.45, 7) is 2.04. The monoisotopic (exact) mass is 340 g/mol. The number of para-hydroxylation sites is 1. The number of thiophene rings is 1. The van der Waals surface area contributed by atoms with E-state index in [4.69, 9.17) is 4.74 Å². The molecule has 1 aromatic carbocycles. The van der Waals surface area contributed by atoms with E-state index in [-0.39, 0.29) is 0 Å². The molecule has 2 aromatic heterocycles. The van der Waals surface area contributed by atoms with Gasteiger partial charge in [-0.25, -0.2) is 14.9 Å². The van der Waals surface area contributed by atoms with Crippen molar-refractivity contribution in [2.45, 2.75) is 6.92 Å². The summed E-state index contributed by atoms with van der Waals surface area (Å²) in [7, 11) is 0. The molecule has 7 heteroatoms.